The van der Waals surface area contributed by atoms with Crippen LogP contribution in [0.15, 0.2) is 12.1 Å². The van der Waals surface area contributed by atoms with E-state index in [1.54, 1.807) is 0 Å². The summed E-state index contributed by atoms with van der Waals surface area (Å²) in [6.45, 7) is 4.15. The van der Waals surface area contributed by atoms with Crippen LogP contribution in [0, 0.1) is 13.8 Å². The summed E-state index contributed by atoms with van der Waals surface area (Å²) in [4.78, 5) is 0. The van der Waals surface area contributed by atoms with Gasteiger partial charge in [0.15, 0.2) is 0 Å². The minimum Gasteiger partial charge on any atom is -0.399 e. The van der Waals surface area contributed by atoms with Crippen LogP contribution in [0.5, 0.6) is 0 Å². The molecule has 0 aromatic heterocycles. The highest BCUT2D eigenvalue weighted by atomic mass is 14.8. The van der Waals surface area contributed by atoms with E-state index in [1.165, 1.54) is 11.1 Å². The molecule has 1 aromatic carbocycles. The molecule has 60 valence electrons. The molecule has 0 unspecified atom stereocenters. The average Bonchev–Trinajstić information content (AvgIpc) is 1.96. The van der Waals surface area contributed by atoms with Gasteiger partial charge < -0.3 is 11.1 Å². The topological polar surface area (TPSA) is 38.0 Å². The van der Waals surface area contributed by atoms with Crippen LogP contribution >= 0.6 is 0 Å². The number of rotatable bonds is 1. The van der Waals surface area contributed by atoms with Crippen molar-refractivity contribution in [3.05, 3.63) is 23.3 Å². The molecule has 0 fully saturated rings. The lowest BCUT2D eigenvalue weighted by Crippen LogP contribution is -1.96. The number of hydrogen-bond donors (Lipinski definition) is 2. The van der Waals surface area contributed by atoms with Crippen LogP contribution in [0.2, 0.25) is 0 Å². The van der Waals surface area contributed by atoms with Crippen LogP contribution in [0.1, 0.15) is 11.1 Å². The van der Waals surface area contributed by atoms with E-state index >= 15 is 0 Å². The predicted octanol–water partition coefficient (Wildman–Crippen LogP) is 1.93. The molecule has 0 saturated carbocycles. The Morgan fingerprint density at radius 3 is 2.45 bits per heavy atom. The number of nitrogen functional groups attached to an aromatic ring is 1. The van der Waals surface area contributed by atoms with Crippen LogP contribution in [-0.2, 0) is 0 Å². The number of nitrogens with one attached hydrogen (secondary N) is 1. The van der Waals surface area contributed by atoms with E-state index < -0.39 is 0 Å². The monoisotopic (exact) mass is 150 g/mol. The summed E-state index contributed by atoms with van der Waals surface area (Å²) in [6, 6.07) is 3.93. The normalized spacial score (nSPS) is 9.73. The lowest BCUT2D eigenvalue weighted by molar-refractivity contribution is 1.32. The zero-order chi connectivity index (χ0) is 8.43. The van der Waals surface area contributed by atoms with E-state index in [0.717, 1.165) is 11.4 Å². The van der Waals surface area contributed by atoms with E-state index in [2.05, 4.69) is 19.2 Å². The van der Waals surface area contributed by atoms with Gasteiger partial charge in [-0.3, -0.25) is 0 Å². The van der Waals surface area contributed by atoms with Crippen molar-refractivity contribution >= 4 is 11.4 Å². The summed E-state index contributed by atoms with van der Waals surface area (Å²) in [7, 11) is 1.90. The largest absolute Gasteiger partial charge is 0.399 e. The molecule has 0 heterocycles. The number of hydrogen-bond acceptors (Lipinski definition) is 2. The highest BCUT2D eigenvalue weighted by Crippen LogP contribution is 2.21. The molecule has 0 aliphatic heterocycles. The smallest absolute Gasteiger partial charge is 0.0390 e. The minimum atomic E-state index is 0.817. The van der Waals surface area contributed by atoms with Crippen LogP contribution in [0.3, 0.4) is 0 Å². The van der Waals surface area contributed by atoms with Gasteiger partial charge in [0, 0.05) is 18.4 Å². The molecule has 0 bridgehead atoms. The van der Waals surface area contributed by atoms with Gasteiger partial charge >= 0.3 is 0 Å². The van der Waals surface area contributed by atoms with Gasteiger partial charge in [-0.25, -0.2) is 0 Å². The fourth-order valence-electron chi connectivity index (χ4n) is 1.15. The first-order valence-electron chi connectivity index (χ1n) is 3.69. The third kappa shape index (κ3) is 1.45. The quantitative estimate of drug-likeness (QED) is 0.600. The maximum Gasteiger partial charge on any atom is 0.0390 e. The third-order valence-corrected chi connectivity index (χ3v) is 1.96. The molecule has 0 saturated heterocycles. The maximum atomic E-state index is 5.66. The number of benzene rings is 1. The standard InChI is InChI=1S/C9H14N2/c1-6-4-8(10)5-9(11-3)7(6)2/h4-5,11H,10H2,1-3H3. The minimum absolute atomic E-state index is 0.817. The van der Waals surface area contributed by atoms with Gasteiger partial charge in [-0.1, -0.05) is 0 Å². The summed E-state index contributed by atoms with van der Waals surface area (Å²) in [5.74, 6) is 0. The van der Waals surface area contributed by atoms with E-state index in [4.69, 9.17) is 5.73 Å². The average molecular weight is 150 g/mol. The summed E-state index contributed by atoms with van der Waals surface area (Å²) < 4.78 is 0. The Labute approximate surface area is 67.4 Å². The van der Waals surface area contributed by atoms with Gasteiger partial charge in [0.25, 0.3) is 0 Å². The van der Waals surface area contributed by atoms with Crippen LogP contribution in [-0.4, -0.2) is 7.05 Å². The number of aryl methyl sites for hydroxylation is 1. The zero-order valence-electron chi connectivity index (χ0n) is 7.23. The molecule has 0 amide bonds. The molecule has 2 heteroatoms. The second-order valence-corrected chi connectivity index (χ2v) is 2.76. The summed E-state index contributed by atoms with van der Waals surface area (Å²) >= 11 is 0. The molecule has 0 radical (unpaired) electrons. The van der Waals surface area contributed by atoms with Gasteiger partial charge in [-0.15, -0.1) is 0 Å². The second kappa shape index (κ2) is 2.82. The van der Waals surface area contributed by atoms with Crippen LogP contribution in [0.25, 0.3) is 0 Å². The van der Waals surface area contributed by atoms with Crippen LogP contribution < -0.4 is 11.1 Å². The Morgan fingerprint density at radius 1 is 1.27 bits per heavy atom. The van der Waals surface area contributed by atoms with Crippen molar-refractivity contribution in [2.75, 3.05) is 18.1 Å². The number of nitrogens with two attached hydrogens (primary N) is 1. The van der Waals surface area contributed by atoms with Crippen LogP contribution in [0.4, 0.5) is 11.4 Å². The van der Waals surface area contributed by atoms with Gasteiger partial charge in [-0.05, 0) is 37.1 Å². The van der Waals surface area contributed by atoms with E-state index in [9.17, 15) is 0 Å². The summed E-state index contributed by atoms with van der Waals surface area (Å²) in [5, 5.41) is 3.10. The molecule has 1 rings (SSSR count). The zero-order valence-corrected chi connectivity index (χ0v) is 7.23. The van der Waals surface area contributed by atoms with Gasteiger partial charge in [0.05, 0.1) is 0 Å². The van der Waals surface area contributed by atoms with E-state index in [0.29, 0.717) is 0 Å². The van der Waals surface area contributed by atoms with Gasteiger partial charge in [0.1, 0.15) is 0 Å². The molecule has 0 spiro atoms. The Bertz CT molecular complexity index is 267. The molecule has 1 aromatic rings. The molecule has 0 aliphatic rings. The van der Waals surface area contributed by atoms with Crippen molar-refractivity contribution in [3.8, 4) is 0 Å². The van der Waals surface area contributed by atoms with Gasteiger partial charge in [-0.2, -0.15) is 0 Å². The Kier molecular flexibility index (Phi) is 2.03. The fraction of sp³-hybridized carbons (Fsp3) is 0.333. The molecule has 11 heavy (non-hydrogen) atoms. The third-order valence-electron chi connectivity index (χ3n) is 1.96. The van der Waals surface area contributed by atoms with E-state index in [-0.39, 0.29) is 0 Å². The van der Waals surface area contributed by atoms with Crippen molar-refractivity contribution in [1.29, 1.82) is 0 Å². The lowest BCUT2D eigenvalue weighted by Gasteiger charge is -2.08. The Balaban J connectivity index is 3.24. The summed E-state index contributed by atoms with van der Waals surface area (Å²) in [5.41, 5.74) is 10.1. The highest BCUT2D eigenvalue weighted by molar-refractivity contribution is 5.61. The first-order valence-corrected chi connectivity index (χ1v) is 3.69. The SMILES string of the molecule is CNc1cc(N)cc(C)c1C. The molecule has 0 aliphatic carbocycles. The van der Waals surface area contributed by atoms with Crippen molar-refractivity contribution in [3.63, 3.8) is 0 Å². The molecule has 3 N–H and O–H groups in total. The van der Waals surface area contributed by atoms with Crippen molar-refractivity contribution in [2.24, 2.45) is 0 Å². The first kappa shape index (κ1) is 7.92. The predicted molar refractivity (Wildman–Crippen MR) is 49.9 cm³/mol. The second-order valence-electron chi connectivity index (χ2n) is 2.76. The van der Waals surface area contributed by atoms with Crippen molar-refractivity contribution < 1.29 is 0 Å². The first-order chi connectivity index (χ1) is 5.15. The lowest BCUT2D eigenvalue weighted by atomic mass is 10.1. The molecular weight excluding hydrogens is 136 g/mol. The van der Waals surface area contributed by atoms with Crippen molar-refractivity contribution in [1.82, 2.24) is 0 Å². The summed E-state index contributed by atoms with van der Waals surface area (Å²) in [6.07, 6.45) is 0. The molecule has 0 atom stereocenters. The Morgan fingerprint density at radius 2 is 1.91 bits per heavy atom. The maximum absolute atomic E-state index is 5.66. The van der Waals surface area contributed by atoms with Gasteiger partial charge in [0.2, 0.25) is 0 Å². The highest BCUT2D eigenvalue weighted by Gasteiger charge is 1.99. The number of anilines is 2. The molecule has 2 nitrogen and oxygen atoms in total. The van der Waals surface area contributed by atoms with Crippen molar-refractivity contribution in [2.45, 2.75) is 13.8 Å². The molecular formula is C9H14N2. The fourth-order valence-corrected chi connectivity index (χ4v) is 1.15. The van der Waals surface area contributed by atoms with E-state index in [1.807, 2.05) is 19.2 Å². The Hall–Kier alpha value is -1.18.